The summed E-state index contributed by atoms with van der Waals surface area (Å²) in [4.78, 5) is 0. The highest BCUT2D eigenvalue weighted by Crippen LogP contribution is 2.43. The van der Waals surface area contributed by atoms with Crippen LogP contribution in [0.1, 0.15) is 32.1 Å². The third-order valence-electron chi connectivity index (χ3n) is 2.63. The molecule has 0 atom stereocenters. The zero-order valence-corrected chi connectivity index (χ0v) is 5.90. The summed E-state index contributed by atoms with van der Waals surface area (Å²) in [6.45, 7) is 2.50. The molecule has 1 N–H and O–H groups in total. The van der Waals surface area contributed by atoms with E-state index in [0.29, 0.717) is 0 Å². The molecule has 0 aromatic carbocycles. The molecule has 2 bridgehead atoms. The van der Waals surface area contributed by atoms with E-state index in [-0.39, 0.29) is 0 Å². The summed E-state index contributed by atoms with van der Waals surface area (Å²) >= 11 is 0. The SMILES string of the molecule is C1CC2CCC1C2.C=N. The Kier molecular flexibility index (Phi) is 2.26. The molecule has 9 heavy (non-hydrogen) atoms. The van der Waals surface area contributed by atoms with E-state index in [0.717, 1.165) is 0 Å². The second-order valence-electron chi connectivity index (χ2n) is 3.12. The van der Waals surface area contributed by atoms with Gasteiger partial charge in [0.2, 0.25) is 0 Å². The summed E-state index contributed by atoms with van der Waals surface area (Å²) in [5.74, 6) is 2.34. The Morgan fingerprint density at radius 1 is 0.889 bits per heavy atom. The standard InChI is InChI=1S/C7H12.CH3N/c1-2-7-4-3-6(1)5-7;1-2/h6-7H,1-5H2;2H,1H2. The minimum atomic E-state index is 1.17. The molecule has 0 saturated heterocycles. The molecule has 0 aliphatic heterocycles. The van der Waals surface area contributed by atoms with Crippen molar-refractivity contribution in [1.29, 1.82) is 5.41 Å². The molecule has 0 radical (unpaired) electrons. The lowest BCUT2D eigenvalue weighted by atomic mass is 10.0. The quantitative estimate of drug-likeness (QED) is 0.481. The highest BCUT2D eigenvalue weighted by molar-refractivity contribution is 5.15. The van der Waals surface area contributed by atoms with E-state index in [9.17, 15) is 0 Å². The van der Waals surface area contributed by atoms with Gasteiger partial charge in [-0.15, -0.1) is 0 Å². The fourth-order valence-corrected chi connectivity index (χ4v) is 2.17. The Labute approximate surface area is 57.0 Å². The topological polar surface area (TPSA) is 23.9 Å². The van der Waals surface area contributed by atoms with Gasteiger partial charge in [-0.2, -0.15) is 0 Å². The summed E-state index contributed by atoms with van der Waals surface area (Å²) in [6, 6.07) is 0. The molecular weight excluding hydrogens is 110 g/mol. The van der Waals surface area contributed by atoms with Gasteiger partial charge in [0, 0.05) is 0 Å². The number of fused-ring (bicyclic) bond motifs is 2. The number of nitrogens with one attached hydrogen (secondary N) is 1. The first-order valence-corrected chi connectivity index (χ1v) is 3.80. The largest absolute Gasteiger partial charge is 0.317 e. The van der Waals surface area contributed by atoms with E-state index in [4.69, 9.17) is 5.41 Å². The van der Waals surface area contributed by atoms with E-state index < -0.39 is 0 Å². The van der Waals surface area contributed by atoms with Crippen LogP contribution >= 0.6 is 0 Å². The third kappa shape index (κ3) is 1.32. The fraction of sp³-hybridized carbons (Fsp3) is 0.875. The van der Waals surface area contributed by atoms with Gasteiger partial charge in [-0.25, -0.2) is 0 Å². The number of rotatable bonds is 0. The van der Waals surface area contributed by atoms with Gasteiger partial charge in [0.15, 0.2) is 0 Å². The van der Waals surface area contributed by atoms with E-state index in [1.165, 1.54) is 11.8 Å². The van der Waals surface area contributed by atoms with Crippen molar-refractivity contribution in [3.05, 3.63) is 0 Å². The molecule has 0 aromatic heterocycles. The molecule has 52 valence electrons. The molecule has 2 rings (SSSR count). The van der Waals surface area contributed by atoms with Crippen LogP contribution in [0.5, 0.6) is 0 Å². The van der Waals surface area contributed by atoms with Gasteiger partial charge < -0.3 is 5.41 Å². The maximum absolute atomic E-state index is 5.50. The minimum Gasteiger partial charge on any atom is -0.317 e. The first-order chi connectivity index (χ1) is 4.45. The average Bonchev–Trinajstić information content (AvgIpc) is 2.53. The van der Waals surface area contributed by atoms with E-state index in [2.05, 4.69) is 6.72 Å². The Morgan fingerprint density at radius 3 is 1.33 bits per heavy atom. The van der Waals surface area contributed by atoms with Crippen LogP contribution < -0.4 is 0 Å². The Morgan fingerprint density at radius 2 is 1.22 bits per heavy atom. The molecule has 1 heteroatoms. The van der Waals surface area contributed by atoms with Crippen LogP contribution in [0.3, 0.4) is 0 Å². The Hall–Kier alpha value is -0.330. The summed E-state index contributed by atoms with van der Waals surface area (Å²) in [5, 5.41) is 5.50. The molecule has 0 amide bonds. The van der Waals surface area contributed by atoms with Crippen LogP contribution in [0.15, 0.2) is 0 Å². The van der Waals surface area contributed by atoms with Crippen LogP contribution in [-0.4, -0.2) is 6.72 Å². The molecule has 0 aromatic rings. The average molecular weight is 125 g/mol. The summed E-state index contributed by atoms with van der Waals surface area (Å²) < 4.78 is 0. The van der Waals surface area contributed by atoms with Gasteiger partial charge in [-0.1, -0.05) is 25.7 Å². The van der Waals surface area contributed by atoms with Gasteiger partial charge in [-0.3, -0.25) is 0 Å². The Balaban J connectivity index is 0.000000186. The molecule has 0 unspecified atom stereocenters. The van der Waals surface area contributed by atoms with Gasteiger partial charge in [0.1, 0.15) is 0 Å². The monoisotopic (exact) mass is 125 g/mol. The predicted molar refractivity (Wildman–Crippen MR) is 39.9 cm³/mol. The first kappa shape index (κ1) is 6.79. The molecular formula is C8H15N. The van der Waals surface area contributed by atoms with Gasteiger partial charge in [0.05, 0.1) is 0 Å². The lowest BCUT2D eigenvalue weighted by Crippen LogP contribution is -1.90. The lowest BCUT2D eigenvalue weighted by molar-refractivity contribution is 0.480. The van der Waals surface area contributed by atoms with E-state index in [1.807, 2.05) is 0 Å². The summed E-state index contributed by atoms with van der Waals surface area (Å²) in [7, 11) is 0. The van der Waals surface area contributed by atoms with Crippen LogP contribution in [0.2, 0.25) is 0 Å². The van der Waals surface area contributed by atoms with Crippen LogP contribution in [-0.2, 0) is 0 Å². The van der Waals surface area contributed by atoms with Crippen LogP contribution in [0, 0.1) is 17.2 Å². The van der Waals surface area contributed by atoms with E-state index >= 15 is 0 Å². The predicted octanol–water partition coefficient (Wildman–Crippen LogP) is 2.46. The second-order valence-corrected chi connectivity index (χ2v) is 3.12. The number of hydrogen-bond donors (Lipinski definition) is 1. The van der Waals surface area contributed by atoms with Crippen molar-refractivity contribution in [2.75, 3.05) is 0 Å². The minimum absolute atomic E-state index is 1.17. The van der Waals surface area contributed by atoms with Crippen LogP contribution in [0.4, 0.5) is 0 Å². The highest BCUT2D eigenvalue weighted by Gasteiger charge is 2.30. The smallest absolute Gasteiger partial charge is 0.0187 e. The molecule has 2 saturated carbocycles. The van der Waals surface area contributed by atoms with Gasteiger partial charge in [0.25, 0.3) is 0 Å². The van der Waals surface area contributed by atoms with Crippen LogP contribution in [0.25, 0.3) is 0 Å². The highest BCUT2D eigenvalue weighted by atomic mass is 14.4. The van der Waals surface area contributed by atoms with E-state index in [1.54, 1.807) is 32.1 Å². The zero-order valence-electron chi connectivity index (χ0n) is 5.90. The second kappa shape index (κ2) is 3.00. The van der Waals surface area contributed by atoms with Crippen molar-refractivity contribution >= 4 is 6.72 Å². The molecule has 2 fully saturated rings. The maximum atomic E-state index is 5.50. The van der Waals surface area contributed by atoms with Crippen molar-refractivity contribution < 1.29 is 0 Å². The molecule has 1 nitrogen and oxygen atoms in total. The van der Waals surface area contributed by atoms with Crippen molar-refractivity contribution in [3.8, 4) is 0 Å². The molecule has 2 aliphatic carbocycles. The van der Waals surface area contributed by atoms with Crippen molar-refractivity contribution in [3.63, 3.8) is 0 Å². The third-order valence-corrected chi connectivity index (χ3v) is 2.63. The van der Waals surface area contributed by atoms with Crippen molar-refractivity contribution in [2.45, 2.75) is 32.1 Å². The number of hydrogen-bond acceptors (Lipinski definition) is 1. The Bertz CT molecular complexity index is 72.6. The van der Waals surface area contributed by atoms with Crippen molar-refractivity contribution in [1.82, 2.24) is 0 Å². The summed E-state index contributed by atoms with van der Waals surface area (Å²) in [6.07, 6.45) is 7.82. The van der Waals surface area contributed by atoms with Gasteiger partial charge >= 0.3 is 0 Å². The fourth-order valence-electron chi connectivity index (χ4n) is 2.17. The van der Waals surface area contributed by atoms with Gasteiger partial charge in [-0.05, 0) is 25.0 Å². The zero-order chi connectivity index (χ0) is 6.69. The molecule has 2 aliphatic rings. The molecule has 0 heterocycles. The first-order valence-electron chi connectivity index (χ1n) is 3.80. The molecule has 0 spiro atoms. The summed E-state index contributed by atoms with van der Waals surface area (Å²) in [5.41, 5.74) is 0. The maximum Gasteiger partial charge on any atom is -0.0187 e. The lowest BCUT2D eigenvalue weighted by Gasteiger charge is -2.05. The van der Waals surface area contributed by atoms with Crippen molar-refractivity contribution in [2.24, 2.45) is 11.8 Å². The normalized spacial score (nSPS) is 37.8.